The summed E-state index contributed by atoms with van der Waals surface area (Å²) in [5.41, 5.74) is 4.45. The molecule has 18 heavy (non-hydrogen) atoms. The molecule has 0 radical (unpaired) electrons. The van der Waals surface area contributed by atoms with E-state index < -0.39 is 0 Å². The Labute approximate surface area is 111 Å². The first-order chi connectivity index (χ1) is 8.72. The minimum atomic E-state index is 0.541. The van der Waals surface area contributed by atoms with Crippen LogP contribution in [0.2, 0.25) is 5.15 Å². The molecule has 0 unspecified atom stereocenters. The van der Waals surface area contributed by atoms with E-state index in [9.17, 15) is 0 Å². The molecule has 0 aliphatic heterocycles. The largest absolute Gasteiger partial charge is 0.275 e. The molecule has 0 aromatic carbocycles. The molecule has 1 aliphatic rings. The van der Waals surface area contributed by atoms with E-state index in [0.717, 1.165) is 29.7 Å². The first-order valence-electron chi connectivity index (χ1n) is 6.08. The molecule has 4 heteroatoms. The lowest BCUT2D eigenvalue weighted by Gasteiger charge is -2.05. The summed E-state index contributed by atoms with van der Waals surface area (Å²) in [4.78, 5) is 4.42. The molecule has 0 spiro atoms. The third-order valence-corrected chi connectivity index (χ3v) is 3.40. The maximum Gasteiger partial charge on any atom is 0.130 e. The lowest BCUT2D eigenvalue weighted by molar-refractivity contribution is 0.768. The minimum absolute atomic E-state index is 0.541. The van der Waals surface area contributed by atoms with Crippen LogP contribution < -0.4 is 0 Å². The Kier molecular flexibility index (Phi) is 2.92. The van der Waals surface area contributed by atoms with Crippen molar-refractivity contribution in [2.24, 2.45) is 7.05 Å². The van der Waals surface area contributed by atoms with Gasteiger partial charge in [0.25, 0.3) is 0 Å². The fourth-order valence-corrected chi connectivity index (χ4v) is 2.51. The number of allylic oxidation sites excluding steroid dienone is 2. The average Bonchev–Trinajstić information content (AvgIpc) is 2.98. The molecule has 2 aromatic rings. The molecule has 0 fully saturated rings. The number of aromatic nitrogens is 3. The van der Waals surface area contributed by atoms with E-state index in [1.54, 1.807) is 4.68 Å². The van der Waals surface area contributed by atoms with Crippen LogP contribution in [-0.2, 0) is 7.05 Å². The Hall–Kier alpha value is -1.61. The summed E-state index contributed by atoms with van der Waals surface area (Å²) >= 11 is 6.12. The fraction of sp³-hybridized carbons (Fsp3) is 0.286. The van der Waals surface area contributed by atoms with Crippen LogP contribution >= 0.6 is 11.6 Å². The van der Waals surface area contributed by atoms with Crippen LogP contribution in [-0.4, -0.2) is 14.8 Å². The van der Waals surface area contributed by atoms with E-state index in [1.807, 2.05) is 25.5 Å². The number of aryl methyl sites for hydroxylation is 1. The zero-order chi connectivity index (χ0) is 12.5. The van der Waals surface area contributed by atoms with Gasteiger partial charge < -0.3 is 0 Å². The molecule has 2 aromatic heterocycles. The van der Waals surface area contributed by atoms with E-state index in [2.05, 4.69) is 22.2 Å². The average molecular weight is 260 g/mol. The van der Waals surface area contributed by atoms with Crippen LogP contribution in [0.1, 0.15) is 25.0 Å². The highest BCUT2D eigenvalue weighted by Gasteiger charge is 2.11. The van der Waals surface area contributed by atoms with Crippen LogP contribution in [0.4, 0.5) is 0 Å². The normalized spacial score (nSPS) is 14.9. The second-order valence-corrected chi connectivity index (χ2v) is 4.98. The van der Waals surface area contributed by atoms with Gasteiger partial charge in [0.1, 0.15) is 5.15 Å². The molecule has 2 heterocycles. The van der Waals surface area contributed by atoms with Gasteiger partial charge in [0.15, 0.2) is 0 Å². The van der Waals surface area contributed by atoms with Crippen molar-refractivity contribution in [1.82, 2.24) is 14.8 Å². The lowest BCUT2D eigenvalue weighted by Crippen LogP contribution is -1.89. The Morgan fingerprint density at radius 3 is 2.83 bits per heavy atom. The van der Waals surface area contributed by atoms with Gasteiger partial charge in [-0.25, -0.2) is 4.98 Å². The Morgan fingerprint density at radius 2 is 2.17 bits per heavy atom. The number of hydrogen-bond donors (Lipinski definition) is 0. The van der Waals surface area contributed by atoms with E-state index >= 15 is 0 Å². The van der Waals surface area contributed by atoms with Crippen molar-refractivity contribution >= 4 is 17.2 Å². The highest BCUT2D eigenvalue weighted by Crippen LogP contribution is 2.30. The van der Waals surface area contributed by atoms with Gasteiger partial charge in [0.2, 0.25) is 0 Å². The van der Waals surface area contributed by atoms with E-state index in [-0.39, 0.29) is 0 Å². The zero-order valence-corrected chi connectivity index (χ0v) is 11.0. The molecule has 0 bridgehead atoms. The lowest BCUT2D eigenvalue weighted by atomic mass is 10.1. The van der Waals surface area contributed by atoms with Crippen molar-refractivity contribution in [3.63, 3.8) is 0 Å². The third-order valence-electron chi connectivity index (χ3n) is 3.20. The number of hydrogen-bond acceptors (Lipinski definition) is 2. The van der Waals surface area contributed by atoms with Crippen LogP contribution in [0.15, 0.2) is 30.6 Å². The summed E-state index contributed by atoms with van der Waals surface area (Å²) in [6.45, 7) is 0. The zero-order valence-electron chi connectivity index (χ0n) is 10.2. The molecule has 1 aliphatic carbocycles. The second-order valence-electron chi connectivity index (χ2n) is 4.59. The van der Waals surface area contributed by atoms with Crippen molar-refractivity contribution < 1.29 is 0 Å². The predicted octanol–water partition coefficient (Wildman–Crippen LogP) is 3.70. The van der Waals surface area contributed by atoms with Crippen LogP contribution in [0.3, 0.4) is 0 Å². The third kappa shape index (κ3) is 2.18. The molecule has 3 rings (SSSR count). The first kappa shape index (κ1) is 11.5. The van der Waals surface area contributed by atoms with Crippen LogP contribution in [0, 0.1) is 0 Å². The van der Waals surface area contributed by atoms with Gasteiger partial charge in [-0.1, -0.05) is 17.7 Å². The second kappa shape index (κ2) is 4.58. The van der Waals surface area contributed by atoms with Crippen LogP contribution in [0.25, 0.3) is 16.7 Å². The Bertz CT molecular complexity index is 613. The first-order valence-corrected chi connectivity index (χ1v) is 6.46. The van der Waals surface area contributed by atoms with Gasteiger partial charge in [-0.2, -0.15) is 5.10 Å². The van der Waals surface area contributed by atoms with Crippen LogP contribution in [0.5, 0.6) is 0 Å². The van der Waals surface area contributed by atoms with Gasteiger partial charge in [-0.05, 0) is 42.5 Å². The SMILES string of the molecule is Cn1cc(-c2cc(Cl)nc(C3=CCCC3)c2)cn1. The van der Waals surface area contributed by atoms with E-state index in [0.29, 0.717) is 5.15 Å². The molecule has 0 saturated heterocycles. The number of rotatable bonds is 2. The number of pyridine rings is 1. The maximum absolute atomic E-state index is 6.12. The highest BCUT2D eigenvalue weighted by molar-refractivity contribution is 6.29. The monoisotopic (exact) mass is 259 g/mol. The van der Waals surface area contributed by atoms with Gasteiger partial charge >= 0.3 is 0 Å². The summed E-state index contributed by atoms with van der Waals surface area (Å²) < 4.78 is 1.79. The fourth-order valence-electron chi connectivity index (χ4n) is 2.30. The molecule has 0 saturated carbocycles. The smallest absolute Gasteiger partial charge is 0.130 e. The Morgan fingerprint density at radius 1 is 1.28 bits per heavy atom. The molecule has 3 nitrogen and oxygen atoms in total. The number of halogens is 1. The van der Waals surface area contributed by atoms with Crippen molar-refractivity contribution in [2.75, 3.05) is 0 Å². The van der Waals surface area contributed by atoms with Gasteiger partial charge in [-0.3, -0.25) is 4.68 Å². The summed E-state index contributed by atoms with van der Waals surface area (Å²) in [5, 5.41) is 4.73. The summed E-state index contributed by atoms with van der Waals surface area (Å²) in [5.74, 6) is 0. The topological polar surface area (TPSA) is 30.7 Å². The molecule has 0 N–H and O–H groups in total. The highest BCUT2D eigenvalue weighted by atomic mass is 35.5. The van der Waals surface area contributed by atoms with Crippen molar-refractivity contribution in [2.45, 2.75) is 19.3 Å². The van der Waals surface area contributed by atoms with Crippen molar-refractivity contribution in [3.8, 4) is 11.1 Å². The van der Waals surface area contributed by atoms with Gasteiger partial charge in [-0.15, -0.1) is 0 Å². The predicted molar refractivity (Wildman–Crippen MR) is 73.3 cm³/mol. The summed E-state index contributed by atoms with van der Waals surface area (Å²) in [7, 11) is 1.91. The quantitative estimate of drug-likeness (QED) is 0.770. The van der Waals surface area contributed by atoms with Gasteiger partial charge in [0, 0.05) is 18.8 Å². The maximum atomic E-state index is 6.12. The molecule has 0 amide bonds. The Balaban J connectivity index is 2.05. The summed E-state index contributed by atoms with van der Waals surface area (Å²) in [6, 6.07) is 3.98. The van der Waals surface area contributed by atoms with E-state index in [4.69, 9.17) is 11.6 Å². The summed E-state index contributed by atoms with van der Waals surface area (Å²) in [6.07, 6.45) is 9.54. The van der Waals surface area contributed by atoms with Crippen molar-refractivity contribution in [3.05, 3.63) is 41.4 Å². The minimum Gasteiger partial charge on any atom is -0.275 e. The van der Waals surface area contributed by atoms with E-state index in [1.165, 1.54) is 12.0 Å². The van der Waals surface area contributed by atoms with Crippen molar-refractivity contribution in [1.29, 1.82) is 0 Å². The molecular weight excluding hydrogens is 246 g/mol. The van der Waals surface area contributed by atoms with Gasteiger partial charge in [0.05, 0.1) is 11.9 Å². The molecule has 92 valence electrons. The number of nitrogens with zero attached hydrogens (tertiary/aromatic N) is 3. The molecule has 0 atom stereocenters. The standard InChI is InChI=1S/C14H14ClN3/c1-18-9-12(8-16-18)11-6-13(17-14(15)7-11)10-4-2-3-5-10/h4,6-9H,2-3,5H2,1H3. The molecular formula is C14H14ClN3.